The van der Waals surface area contributed by atoms with E-state index in [1.165, 1.54) is 17.7 Å². The number of benzene rings is 1. The van der Waals surface area contributed by atoms with Gasteiger partial charge in [0, 0.05) is 37.1 Å². The molecule has 4 nitrogen and oxygen atoms in total. The summed E-state index contributed by atoms with van der Waals surface area (Å²) in [7, 11) is 1.93. The van der Waals surface area contributed by atoms with E-state index in [1.54, 1.807) is 0 Å². The van der Waals surface area contributed by atoms with Crippen molar-refractivity contribution in [2.45, 2.75) is 31.8 Å². The molecule has 1 aliphatic heterocycles. The van der Waals surface area contributed by atoms with Gasteiger partial charge in [-0.15, -0.1) is 0 Å². The van der Waals surface area contributed by atoms with E-state index < -0.39 is 0 Å². The molecule has 4 heteroatoms. The second-order valence-corrected chi connectivity index (χ2v) is 5.72. The maximum absolute atomic E-state index is 6.36. The SMILES string of the molecule is CC1CCc2ccccc2N1CC(N)c1cnn(C)c1. The van der Waals surface area contributed by atoms with Crippen LogP contribution in [0.15, 0.2) is 36.7 Å². The van der Waals surface area contributed by atoms with Gasteiger partial charge in [-0.1, -0.05) is 18.2 Å². The predicted molar refractivity (Wildman–Crippen MR) is 81.7 cm³/mol. The van der Waals surface area contributed by atoms with Crippen molar-refractivity contribution in [2.75, 3.05) is 11.4 Å². The van der Waals surface area contributed by atoms with Gasteiger partial charge in [-0.05, 0) is 31.4 Å². The lowest BCUT2D eigenvalue weighted by atomic mass is 9.95. The second kappa shape index (κ2) is 5.29. The zero-order chi connectivity index (χ0) is 14.1. The van der Waals surface area contributed by atoms with Gasteiger partial charge in [-0.3, -0.25) is 4.68 Å². The lowest BCUT2D eigenvalue weighted by Gasteiger charge is -2.38. The highest BCUT2D eigenvalue weighted by atomic mass is 15.2. The summed E-state index contributed by atoms with van der Waals surface area (Å²) < 4.78 is 1.81. The summed E-state index contributed by atoms with van der Waals surface area (Å²) in [5.41, 5.74) is 10.2. The lowest BCUT2D eigenvalue weighted by Crippen LogP contribution is -2.41. The first-order chi connectivity index (χ1) is 9.65. The van der Waals surface area contributed by atoms with Gasteiger partial charge in [0.2, 0.25) is 0 Å². The number of para-hydroxylation sites is 1. The third kappa shape index (κ3) is 2.43. The molecule has 1 aromatic carbocycles. The summed E-state index contributed by atoms with van der Waals surface area (Å²) in [5.74, 6) is 0. The number of rotatable bonds is 3. The molecular weight excluding hydrogens is 248 g/mol. The number of hydrogen-bond donors (Lipinski definition) is 1. The van der Waals surface area contributed by atoms with E-state index in [-0.39, 0.29) is 6.04 Å². The number of fused-ring (bicyclic) bond motifs is 1. The van der Waals surface area contributed by atoms with Crippen molar-refractivity contribution in [2.24, 2.45) is 12.8 Å². The van der Waals surface area contributed by atoms with E-state index in [0.29, 0.717) is 6.04 Å². The third-order valence-electron chi connectivity index (χ3n) is 4.21. The van der Waals surface area contributed by atoms with Crippen LogP contribution in [-0.4, -0.2) is 22.4 Å². The Morgan fingerprint density at radius 2 is 2.20 bits per heavy atom. The van der Waals surface area contributed by atoms with Crippen LogP contribution in [0.3, 0.4) is 0 Å². The fourth-order valence-electron chi connectivity index (χ4n) is 2.99. The Morgan fingerprint density at radius 1 is 1.40 bits per heavy atom. The number of nitrogens with two attached hydrogens (primary N) is 1. The molecule has 2 N–H and O–H groups in total. The average Bonchev–Trinajstić information content (AvgIpc) is 2.89. The van der Waals surface area contributed by atoms with Crippen molar-refractivity contribution < 1.29 is 0 Å². The number of aromatic nitrogens is 2. The number of nitrogens with zero attached hydrogens (tertiary/aromatic N) is 3. The minimum absolute atomic E-state index is 0.00249. The van der Waals surface area contributed by atoms with E-state index in [9.17, 15) is 0 Å². The summed E-state index contributed by atoms with van der Waals surface area (Å²) in [6.07, 6.45) is 6.23. The van der Waals surface area contributed by atoms with E-state index >= 15 is 0 Å². The van der Waals surface area contributed by atoms with E-state index in [1.807, 2.05) is 24.1 Å². The van der Waals surface area contributed by atoms with Crippen molar-refractivity contribution >= 4 is 5.69 Å². The fourth-order valence-corrected chi connectivity index (χ4v) is 2.99. The Labute approximate surface area is 120 Å². The second-order valence-electron chi connectivity index (χ2n) is 5.72. The minimum Gasteiger partial charge on any atom is -0.367 e. The van der Waals surface area contributed by atoms with Crippen LogP contribution in [0.1, 0.15) is 30.5 Å². The molecule has 106 valence electrons. The summed E-state index contributed by atoms with van der Waals surface area (Å²) in [5, 5.41) is 4.21. The molecule has 2 heterocycles. The summed E-state index contributed by atoms with van der Waals surface area (Å²) in [4.78, 5) is 2.44. The molecule has 3 rings (SSSR count). The standard InChI is InChI=1S/C16H22N4/c1-12-7-8-13-5-3-4-6-16(13)20(12)11-15(17)14-9-18-19(2)10-14/h3-6,9-10,12,15H,7-8,11,17H2,1-2H3. The van der Waals surface area contributed by atoms with Crippen molar-refractivity contribution in [1.82, 2.24) is 9.78 Å². The van der Waals surface area contributed by atoms with Crippen LogP contribution in [0.25, 0.3) is 0 Å². The molecule has 2 aromatic rings. The molecule has 0 fully saturated rings. The van der Waals surface area contributed by atoms with Crippen LogP contribution in [0.2, 0.25) is 0 Å². The molecule has 1 aromatic heterocycles. The van der Waals surface area contributed by atoms with E-state index in [4.69, 9.17) is 5.73 Å². The Hall–Kier alpha value is -1.81. The van der Waals surface area contributed by atoms with Gasteiger partial charge in [0.15, 0.2) is 0 Å². The Kier molecular flexibility index (Phi) is 3.49. The highest BCUT2D eigenvalue weighted by Crippen LogP contribution is 2.31. The average molecular weight is 270 g/mol. The maximum atomic E-state index is 6.36. The van der Waals surface area contributed by atoms with Crippen LogP contribution in [0.5, 0.6) is 0 Å². The molecule has 2 unspecified atom stereocenters. The molecule has 0 amide bonds. The zero-order valence-electron chi connectivity index (χ0n) is 12.2. The Bertz CT molecular complexity index is 590. The quantitative estimate of drug-likeness (QED) is 0.930. The van der Waals surface area contributed by atoms with Crippen LogP contribution in [0, 0.1) is 0 Å². The van der Waals surface area contributed by atoms with Crippen LogP contribution >= 0.6 is 0 Å². The van der Waals surface area contributed by atoms with E-state index in [2.05, 4.69) is 41.2 Å². The Morgan fingerprint density at radius 3 is 2.95 bits per heavy atom. The van der Waals surface area contributed by atoms with Crippen molar-refractivity contribution in [1.29, 1.82) is 0 Å². The minimum atomic E-state index is -0.00249. The van der Waals surface area contributed by atoms with Crippen LogP contribution < -0.4 is 10.6 Å². The predicted octanol–water partition coefficient (Wildman–Crippen LogP) is 2.26. The first-order valence-corrected chi connectivity index (χ1v) is 7.24. The van der Waals surface area contributed by atoms with Crippen LogP contribution in [-0.2, 0) is 13.5 Å². The van der Waals surface area contributed by atoms with Crippen molar-refractivity contribution in [3.05, 3.63) is 47.8 Å². The first kappa shape index (κ1) is 13.2. The van der Waals surface area contributed by atoms with Gasteiger partial charge in [-0.2, -0.15) is 5.10 Å². The molecule has 0 radical (unpaired) electrons. The van der Waals surface area contributed by atoms with Gasteiger partial charge < -0.3 is 10.6 Å². The molecule has 0 spiro atoms. The van der Waals surface area contributed by atoms with Crippen LogP contribution in [0.4, 0.5) is 5.69 Å². The number of hydrogen-bond acceptors (Lipinski definition) is 3. The van der Waals surface area contributed by atoms with Crippen molar-refractivity contribution in [3.8, 4) is 0 Å². The molecule has 0 saturated heterocycles. The van der Waals surface area contributed by atoms with Gasteiger partial charge in [0.25, 0.3) is 0 Å². The lowest BCUT2D eigenvalue weighted by molar-refractivity contribution is 0.532. The monoisotopic (exact) mass is 270 g/mol. The first-order valence-electron chi connectivity index (χ1n) is 7.24. The van der Waals surface area contributed by atoms with Crippen molar-refractivity contribution in [3.63, 3.8) is 0 Å². The largest absolute Gasteiger partial charge is 0.367 e. The molecule has 1 aliphatic rings. The highest BCUT2D eigenvalue weighted by molar-refractivity contribution is 5.56. The summed E-state index contributed by atoms with van der Waals surface area (Å²) in [6, 6.07) is 9.20. The molecule has 0 saturated carbocycles. The Balaban J connectivity index is 1.83. The van der Waals surface area contributed by atoms with Gasteiger partial charge in [-0.25, -0.2) is 0 Å². The number of aryl methyl sites for hydroxylation is 2. The molecule has 2 atom stereocenters. The van der Waals surface area contributed by atoms with E-state index in [0.717, 1.165) is 18.5 Å². The summed E-state index contributed by atoms with van der Waals surface area (Å²) >= 11 is 0. The molecule has 20 heavy (non-hydrogen) atoms. The van der Waals surface area contributed by atoms with Gasteiger partial charge in [0.05, 0.1) is 12.2 Å². The zero-order valence-corrected chi connectivity index (χ0v) is 12.2. The molecule has 0 aliphatic carbocycles. The molecular formula is C16H22N4. The smallest absolute Gasteiger partial charge is 0.0538 e. The van der Waals surface area contributed by atoms with Gasteiger partial charge >= 0.3 is 0 Å². The van der Waals surface area contributed by atoms with Gasteiger partial charge in [0.1, 0.15) is 0 Å². The normalized spacial score (nSPS) is 19.8. The third-order valence-corrected chi connectivity index (χ3v) is 4.21. The number of anilines is 1. The summed E-state index contributed by atoms with van der Waals surface area (Å²) in [6.45, 7) is 3.12. The maximum Gasteiger partial charge on any atom is 0.0538 e. The highest BCUT2D eigenvalue weighted by Gasteiger charge is 2.24. The fraction of sp³-hybridized carbons (Fsp3) is 0.438. The topological polar surface area (TPSA) is 47.1 Å². The molecule has 0 bridgehead atoms.